The van der Waals surface area contributed by atoms with Crippen LogP contribution in [-0.2, 0) is 6.54 Å². The summed E-state index contributed by atoms with van der Waals surface area (Å²) in [6.45, 7) is 0.440. The molecule has 0 amide bonds. The van der Waals surface area contributed by atoms with E-state index in [1.165, 1.54) is 0 Å². The van der Waals surface area contributed by atoms with Crippen molar-refractivity contribution < 1.29 is 0 Å². The van der Waals surface area contributed by atoms with Crippen LogP contribution in [0.2, 0.25) is 0 Å². The van der Waals surface area contributed by atoms with Crippen molar-refractivity contribution in [2.75, 3.05) is 0 Å². The SMILES string of the molecule is NCc1ncnc2ccc(Br)cc12. The summed E-state index contributed by atoms with van der Waals surface area (Å²) in [5, 5.41) is 1.01. The zero-order valence-electron chi connectivity index (χ0n) is 6.87. The molecule has 66 valence electrons. The van der Waals surface area contributed by atoms with Gasteiger partial charge in [0.1, 0.15) is 6.33 Å². The van der Waals surface area contributed by atoms with Gasteiger partial charge in [0.05, 0.1) is 11.2 Å². The summed E-state index contributed by atoms with van der Waals surface area (Å²) < 4.78 is 1.02. The van der Waals surface area contributed by atoms with Gasteiger partial charge in [-0.3, -0.25) is 0 Å². The molecule has 0 saturated heterocycles. The lowest BCUT2D eigenvalue weighted by molar-refractivity contribution is 0.990. The van der Waals surface area contributed by atoms with Crippen molar-refractivity contribution in [1.82, 2.24) is 9.97 Å². The fourth-order valence-corrected chi connectivity index (χ4v) is 1.61. The average molecular weight is 238 g/mol. The zero-order chi connectivity index (χ0) is 9.26. The Labute approximate surface area is 84.1 Å². The van der Waals surface area contributed by atoms with Crippen LogP contribution in [-0.4, -0.2) is 9.97 Å². The van der Waals surface area contributed by atoms with Gasteiger partial charge in [-0.2, -0.15) is 0 Å². The molecule has 0 unspecified atom stereocenters. The van der Waals surface area contributed by atoms with Crippen LogP contribution in [0.5, 0.6) is 0 Å². The Hall–Kier alpha value is -1.000. The number of halogens is 1. The molecule has 1 aromatic carbocycles. The van der Waals surface area contributed by atoms with Gasteiger partial charge in [-0.1, -0.05) is 15.9 Å². The van der Waals surface area contributed by atoms with E-state index in [0.717, 1.165) is 21.1 Å². The molecule has 2 rings (SSSR count). The van der Waals surface area contributed by atoms with E-state index in [2.05, 4.69) is 25.9 Å². The third-order valence-corrected chi connectivity index (χ3v) is 2.37. The van der Waals surface area contributed by atoms with Crippen molar-refractivity contribution in [3.63, 3.8) is 0 Å². The monoisotopic (exact) mass is 237 g/mol. The van der Waals surface area contributed by atoms with Gasteiger partial charge in [-0.15, -0.1) is 0 Å². The molecular weight excluding hydrogens is 230 g/mol. The van der Waals surface area contributed by atoms with E-state index in [-0.39, 0.29) is 0 Å². The number of nitrogens with zero attached hydrogens (tertiary/aromatic N) is 2. The fourth-order valence-electron chi connectivity index (χ4n) is 1.24. The number of fused-ring (bicyclic) bond motifs is 1. The number of benzene rings is 1. The van der Waals surface area contributed by atoms with Crippen LogP contribution in [0, 0.1) is 0 Å². The van der Waals surface area contributed by atoms with Gasteiger partial charge in [0, 0.05) is 16.4 Å². The van der Waals surface area contributed by atoms with Crippen molar-refractivity contribution in [2.24, 2.45) is 5.73 Å². The van der Waals surface area contributed by atoms with Crippen LogP contribution in [0.1, 0.15) is 5.69 Å². The number of aromatic nitrogens is 2. The molecule has 1 aromatic heterocycles. The van der Waals surface area contributed by atoms with E-state index in [4.69, 9.17) is 5.73 Å². The Morgan fingerprint density at radius 1 is 1.31 bits per heavy atom. The molecule has 13 heavy (non-hydrogen) atoms. The minimum absolute atomic E-state index is 0.440. The van der Waals surface area contributed by atoms with Crippen LogP contribution in [0.4, 0.5) is 0 Å². The van der Waals surface area contributed by atoms with E-state index in [9.17, 15) is 0 Å². The average Bonchev–Trinajstić information content (AvgIpc) is 2.17. The highest BCUT2D eigenvalue weighted by molar-refractivity contribution is 9.10. The standard InChI is InChI=1S/C9H8BrN3/c10-6-1-2-8-7(3-6)9(4-11)13-5-12-8/h1-3,5H,4,11H2. The summed E-state index contributed by atoms with van der Waals surface area (Å²) in [5.41, 5.74) is 7.37. The summed E-state index contributed by atoms with van der Waals surface area (Å²) in [4.78, 5) is 8.25. The molecule has 4 heteroatoms. The first-order chi connectivity index (χ1) is 6.31. The van der Waals surface area contributed by atoms with Crippen LogP contribution < -0.4 is 5.73 Å². The van der Waals surface area contributed by atoms with Crippen molar-refractivity contribution in [3.05, 3.63) is 34.7 Å². The van der Waals surface area contributed by atoms with E-state index in [1.807, 2.05) is 18.2 Å². The second-order valence-corrected chi connectivity index (χ2v) is 3.60. The first-order valence-electron chi connectivity index (χ1n) is 3.90. The first kappa shape index (κ1) is 8.59. The minimum atomic E-state index is 0.440. The highest BCUT2D eigenvalue weighted by Crippen LogP contribution is 2.19. The predicted octanol–water partition coefficient (Wildman–Crippen LogP) is 1.85. The Balaban J connectivity index is 2.79. The van der Waals surface area contributed by atoms with Crippen LogP contribution in [0.3, 0.4) is 0 Å². The Morgan fingerprint density at radius 2 is 2.15 bits per heavy atom. The van der Waals surface area contributed by atoms with Crippen LogP contribution in [0.25, 0.3) is 10.9 Å². The zero-order valence-corrected chi connectivity index (χ0v) is 8.45. The summed E-state index contributed by atoms with van der Waals surface area (Å²) in [6.07, 6.45) is 1.54. The molecule has 0 aliphatic rings. The lowest BCUT2D eigenvalue weighted by Crippen LogP contribution is -2.01. The summed E-state index contributed by atoms with van der Waals surface area (Å²) >= 11 is 3.40. The summed E-state index contributed by atoms with van der Waals surface area (Å²) in [6, 6.07) is 5.88. The maximum Gasteiger partial charge on any atom is 0.116 e. The van der Waals surface area contributed by atoms with E-state index in [0.29, 0.717) is 6.54 Å². The molecule has 0 spiro atoms. The molecule has 2 N–H and O–H groups in total. The third kappa shape index (κ3) is 1.55. The molecule has 0 fully saturated rings. The number of rotatable bonds is 1. The molecule has 2 aromatic rings. The highest BCUT2D eigenvalue weighted by Gasteiger charge is 2.01. The van der Waals surface area contributed by atoms with Crippen LogP contribution in [0.15, 0.2) is 29.0 Å². The maximum absolute atomic E-state index is 5.56. The van der Waals surface area contributed by atoms with Gasteiger partial charge < -0.3 is 5.73 Å². The van der Waals surface area contributed by atoms with Gasteiger partial charge >= 0.3 is 0 Å². The van der Waals surface area contributed by atoms with E-state index in [1.54, 1.807) is 6.33 Å². The molecular formula is C9H8BrN3. The van der Waals surface area contributed by atoms with Crippen molar-refractivity contribution in [1.29, 1.82) is 0 Å². The smallest absolute Gasteiger partial charge is 0.116 e. The Kier molecular flexibility index (Phi) is 2.24. The molecule has 0 radical (unpaired) electrons. The first-order valence-corrected chi connectivity index (χ1v) is 4.70. The van der Waals surface area contributed by atoms with Gasteiger partial charge in [-0.25, -0.2) is 9.97 Å². The quantitative estimate of drug-likeness (QED) is 0.824. The molecule has 0 saturated carbocycles. The topological polar surface area (TPSA) is 51.8 Å². The summed E-state index contributed by atoms with van der Waals surface area (Å²) in [7, 11) is 0. The van der Waals surface area contributed by atoms with Crippen molar-refractivity contribution >= 4 is 26.8 Å². The Morgan fingerprint density at radius 3 is 2.92 bits per heavy atom. The third-order valence-electron chi connectivity index (χ3n) is 1.87. The fraction of sp³-hybridized carbons (Fsp3) is 0.111. The Bertz CT molecular complexity index is 442. The van der Waals surface area contributed by atoms with E-state index < -0.39 is 0 Å². The highest BCUT2D eigenvalue weighted by atomic mass is 79.9. The minimum Gasteiger partial charge on any atom is -0.325 e. The normalized spacial score (nSPS) is 10.6. The number of hydrogen-bond acceptors (Lipinski definition) is 3. The van der Waals surface area contributed by atoms with Gasteiger partial charge in [0.15, 0.2) is 0 Å². The second kappa shape index (κ2) is 3.40. The molecule has 0 aliphatic carbocycles. The van der Waals surface area contributed by atoms with Crippen LogP contribution >= 0.6 is 15.9 Å². The van der Waals surface area contributed by atoms with Gasteiger partial charge in [0.25, 0.3) is 0 Å². The van der Waals surface area contributed by atoms with Crippen molar-refractivity contribution in [2.45, 2.75) is 6.54 Å². The molecule has 0 bridgehead atoms. The molecule has 0 aliphatic heterocycles. The predicted molar refractivity (Wildman–Crippen MR) is 55.1 cm³/mol. The second-order valence-electron chi connectivity index (χ2n) is 2.69. The number of nitrogens with two attached hydrogens (primary N) is 1. The largest absolute Gasteiger partial charge is 0.325 e. The molecule has 1 heterocycles. The maximum atomic E-state index is 5.56. The van der Waals surface area contributed by atoms with Crippen molar-refractivity contribution in [3.8, 4) is 0 Å². The van der Waals surface area contributed by atoms with Gasteiger partial charge in [-0.05, 0) is 18.2 Å². The van der Waals surface area contributed by atoms with E-state index >= 15 is 0 Å². The summed E-state index contributed by atoms with van der Waals surface area (Å²) in [5.74, 6) is 0. The van der Waals surface area contributed by atoms with Gasteiger partial charge in [0.2, 0.25) is 0 Å². The molecule has 0 atom stereocenters. The lowest BCUT2D eigenvalue weighted by Gasteiger charge is -2.01. The number of hydrogen-bond donors (Lipinski definition) is 1. The lowest BCUT2D eigenvalue weighted by atomic mass is 10.2. The molecule has 3 nitrogen and oxygen atoms in total.